The molecule has 0 aliphatic heterocycles. The van der Waals surface area contributed by atoms with E-state index in [2.05, 4.69) is 6.92 Å². The van der Waals surface area contributed by atoms with Crippen LogP contribution in [0.5, 0.6) is 0 Å². The summed E-state index contributed by atoms with van der Waals surface area (Å²) < 4.78 is 4.74. The molecule has 3 heteroatoms. The van der Waals surface area contributed by atoms with Gasteiger partial charge in [0.25, 0.3) is 0 Å². The van der Waals surface area contributed by atoms with Crippen LogP contribution in [0.25, 0.3) is 0 Å². The second kappa shape index (κ2) is 6.55. The average Bonchev–Trinajstić information content (AvgIpc) is 1.87. The quantitative estimate of drug-likeness (QED) is 0.526. The molecule has 1 radical (unpaired) electrons. The molecule has 0 aromatic rings. The summed E-state index contributed by atoms with van der Waals surface area (Å²) in [6.45, 7) is 2.34. The van der Waals surface area contributed by atoms with Crippen molar-refractivity contribution < 1.29 is 14.6 Å². The highest BCUT2D eigenvalue weighted by Gasteiger charge is 1.96. The zero-order chi connectivity index (χ0) is 7.82. The minimum Gasteiger partial charge on any atom is -0.370 e. The lowest BCUT2D eigenvalue weighted by Gasteiger charge is -1.97. The molecule has 3 nitrogen and oxygen atoms in total. The number of ether oxygens (including phenoxy) is 1. The maximum atomic E-state index is 9.80. The first-order valence-corrected chi connectivity index (χ1v) is 3.55. The van der Waals surface area contributed by atoms with Crippen LogP contribution in [0.1, 0.15) is 26.2 Å². The van der Waals surface area contributed by atoms with E-state index in [-0.39, 0.29) is 6.61 Å². The Morgan fingerprint density at radius 1 is 1.40 bits per heavy atom. The van der Waals surface area contributed by atoms with Gasteiger partial charge in [-0.15, -0.1) is 0 Å². The average molecular weight is 145 g/mol. The van der Waals surface area contributed by atoms with E-state index in [1.54, 1.807) is 0 Å². The fourth-order valence-electron chi connectivity index (χ4n) is 0.610. The van der Waals surface area contributed by atoms with Crippen LogP contribution in [-0.4, -0.2) is 19.2 Å². The molecule has 0 aliphatic carbocycles. The Kier molecular flexibility index (Phi) is 6.18. The zero-order valence-corrected chi connectivity index (χ0v) is 6.26. The lowest BCUT2D eigenvalue weighted by molar-refractivity contribution is -0.148. The molecule has 0 spiro atoms. The van der Waals surface area contributed by atoms with Gasteiger partial charge in [0.2, 0.25) is 0 Å². The molecule has 0 unspecified atom stereocenters. The van der Waals surface area contributed by atoms with E-state index in [1.165, 1.54) is 0 Å². The second-order valence-corrected chi connectivity index (χ2v) is 2.13. The SMILES string of the molecule is CCCCCOCC([O])=O. The monoisotopic (exact) mass is 145 g/mol. The molecular weight excluding hydrogens is 132 g/mol. The van der Waals surface area contributed by atoms with Crippen LogP contribution in [0.4, 0.5) is 0 Å². The van der Waals surface area contributed by atoms with Gasteiger partial charge in [0.15, 0.2) is 0 Å². The molecule has 0 amide bonds. The molecule has 0 bridgehead atoms. The number of carbonyl (C=O) groups excluding carboxylic acids is 1. The van der Waals surface area contributed by atoms with Crippen molar-refractivity contribution in [3.63, 3.8) is 0 Å². The highest BCUT2D eigenvalue weighted by molar-refractivity contribution is 5.67. The largest absolute Gasteiger partial charge is 0.380 e. The maximum Gasteiger partial charge on any atom is 0.380 e. The van der Waals surface area contributed by atoms with Gasteiger partial charge in [0, 0.05) is 6.61 Å². The van der Waals surface area contributed by atoms with Gasteiger partial charge < -0.3 is 4.74 Å². The van der Waals surface area contributed by atoms with Crippen molar-refractivity contribution in [2.24, 2.45) is 0 Å². The second-order valence-electron chi connectivity index (χ2n) is 2.13. The molecule has 0 atom stereocenters. The summed E-state index contributed by atoms with van der Waals surface area (Å²) in [7, 11) is 0. The topological polar surface area (TPSA) is 46.2 Å². The molecule has 10 heavy (non-hydrogen) atoms. The molecular formula is C7H13O3. The Morgan fingerprint density at radius 2 is 2.10 bits per heavy atom. The van der Waals surface area contributed by atoms with Crippen molar-refractivity contribution in [3.05, 3.63) is 0 Å². The number of hydrogen-bond donors (Lipinski definition) is 0. The molecule has 0 rings (SSSR count). The van der Waals surface area contributed by atoms with E-state index in [9.17, 15) is 9.90 Å². The van der Waals surface area contributed by atoms with Crippen LogP contribution < -0.4 is 0 Å². The third-order valence-corrected chi connectivity index (χ3v) is 1.11. The standard InChI is InChI=1S/C7H13O3/c1-2-3-4-5-10-6-7(8)9/h2-6H2,1H3. The van der Waals surface area contributed by atoms with E-state index in [0.29, 0.717) is 6.61 Å². The zero-order valence-electron chi connectivity index (χ0n) is 6.26. The minimum atomic E-state index is -1.14. The van der Waals surface area contributed by atoms with Crippen LogP contribution in [0.3, 0.4) is 0 Å². The summed E-state index contributed by atoms with van der Waals surface area (Å²) in [6, 6.07) is 0. The first-order chi connectivity index (χ1) is 4.77. The molecule has 0 aromatic carbocycles. The molecule has 0 aromatic heterocycles. The van der Waals surface area contributed by atoms with Crippen molar-refractivity contribution in [3.8, 4) is 0 Å². The number of unbranched alkanes of at least 4 members (excludes halogenated alkanes) is 2. The van der Waals surface area contributed by atoms with Gasteiger partial charge in [-0.05, 0) is 6.42 Å². The van der Waals surface area contributed by atoms with Gasteiger partial charge in [-0.3, -0.25) is 0 Å². The third kappa shape index (κ3) is 7.43. The van der Waals surface area contributed by atoms with Crippen molar-refractivity contribution in [1.29, 1.82) is 0 Å². The van der Waals surface area contributed by atoms with Crippen molar-refractivity contribution in [2.45, 2.75) is 26.2 Å². The molecule has 0 fully saturated rings. The summed E-state index contributed by atoms with van der Waals surface area (Å²) in [5.41, 5.74) is 0. The Bertz CT molecular complexity index is 90.9. The molecule has 0 N–H and O–H groups in total. The Morgan fingerprint density at radius 3 is 2.60 bits per heavy atom. The number of hydrogen-bond acceptors (Lipinski definition) is 2. The van der Waals surface area contributed by atoms with Crippen LogP contribution >= 0.6 is 0 Å². The van der Waals surface area contributed by atoms with Crippen LogP contribution in [0.15, 0.2) is 0 Å². The lowest BCUT2D eigenvalue weighted by Crippen LogP contribution is -2.06. The van der Waals surface area contributed by atoms with Crippen molar-refractivity contribution in [1.82, 2.24) is 0 Å². The molecule has 0 saturated heterocycles. The predicted octanol–water partition coefficient (Wildman–Crippen LogP) is 1.15. The van der Waals surface area contributed by atoms with Crippen LogP contribution in [0.2, 0.25) is 0 Å². The fraction of sp³-hybridized carbons (Fsp3) is 0.857. The van der Waals surface area contributed by atoms with E-state index >= 15 is 0 Å². The summed E-state index contributed by atoms with van der Waals surface area (Å²) in [5.74, 6) is -1.14. The van der Waals surface area contributed by atoms with Crippen LogP contribution in [0, 0.1) is 0 Å². The third-order valence-electron chi connectivity index (χ3n) is 1.11. The summed E-state index contributed by atoms with van der Waals surface area (Å²) in [6.07, 6.45) is 3.14. The van der Waals surface area contributed by atoms with E-state index in [1.807, 2.05) is 0 Å². The van der Waals surface area contributed by atoms with E-state index in [0.717, 1.165) is 19.3 Å². The first kappa shape index (κ1) is 9.43. The van der Waals surface area contributed by atoms with Gasteiger partial charge in [-0.2, -0.15) is 0 Å². The van der Waals surface area contributed by atoms with Gasteiger partial charge in [-0.1, -0.05) is 19.8 Å². The molecule has 0 heterocycles. The Hall–Kier alpha value is -0.570. The van der Waals surface area contributed by atoms with Crippen molar-refractivity contribution in [2.75, 3.05) is 13.2 Å². The van der Waals surface area contributed by atoms with Gasteiger partial charge in [-0.25, -0.2) is 9.90 Å². The van der Waals surface area contributed by atoms with E-state index < -0.39 is 5.97 Å². The normalized spacial score (nSPS) is 9.70. The minimum absolute atomic E-state index is 0.274. The Labute approximate surface area is 61.0 Å². The van der Waals surface area contributed by atoms with Crippen molar-refractivity contribution >= 4 is 5.97 Å². The predicted molar refractivity (Wildman–Crippen MR) is 36.0 cm³/mol. The lowest BCUT2D eigenvalue weighted by atomic mass is 10.3. The number of rotatable bonds is 6. The highest BCUT2D eigenvalue weighted by Crippen LogP contribution is 1.93. The maximum absolute atomic E-state index is 9.80. The molecule has 0 saturated carbocycles. The number of carbonyl (C=O) groups is 1. The first-order valence-electron chi connectivity index (χ1n) is 3.55. The van der Waals surface area contributed by atoms with Gasteiger partial charge in [0.1, 0.15) is 6.61 Å². The van der Waals surface area contributed by atoms with Gasteiger partial charge in [0.05, 0.1) is 0 Å². The molecule has 0 aliphatic rings. The highest BCUT2D eigenvalue weighted by atomic mass is 16.5. The summed E-state index contributed by atoms with van der Waals surface area (Å²) in [5, 5.41) is 9.80. The Balaban J connectivity index is 2.84. The summed E-state index contributed by atoms with van der Waals surface area (Å²) in [4.78, 5) is 9.80. The summed E-state index contributed by atoms with van der Waals surface area (Å²) >= 11 is 0. The smallest absolute Gasteiger partial charge is 0.370 e. The van der Waals surface area contributed by atoms with Crippen LogP contribution in [-0.2, 0) is 14.6 Å². The fourth-order valence-corrected chi connectivity index (χ4v) is 0.610. The van der Waals surface area contributed by atoms with E-state index in [4.69, 9.17) is 4.74 Å². The van der Waals surface area contributed by atoms with Gasteiger partial charge >= 0.3 is 5.97 Å². The molecule has 59 valence electrons.